The van der Waals surface area contributed by atoms with Crippen molar-refractivity contribution in [2.24, 2.45) is 5.73 Å². The molecule has 0 aliphatic carbocycles. The fourth-order valence-corrected chi connectivity index (χ4v) is 3.44. The van der Waals surface area contributed by atoms with Gasteiger partial charge in [0.15, 0.2) is 0 Å². The van der Waals surface area contributed by atoms with Crippen molar-refractivity contribution in [2.75, 3.05) is 20.2 Å². The third kappa shape index (κ3) is 2.76. The zero-order valence-electron chi connectivity index (χ0n) is 12.9. The summed E-state index contributed by atoms with van der Waals surface area (Å²) in [5, 5.41) is 2.49. The molecule has 2 aromatic rings. The zero-order chi connectivity index (χ0) is 14.8. The van der Waals surface area contributed by atoms with Crippen LogP contribution in [0.3, 0.4) is 0 Å². The van der Waals surface area contributed by atoms with E-state index in [9.17, 15) is 0 Å². The number of nitrogens with zero attached hydrogens (tertiary/aromatic N) is 1. The smallest absolute Gasteiger partial charge is 0.119 e. The zero-order valence-corrected chi connectivity index (χ0v) is 12.9. The summed E-state index contributed by atoms with van der Waals surface area (Å²) in [4.78, 5) is 2.55. The third-order valence-corrected chi connectivity index (χ3v) is 4.75. The van der Waals surface area contributed by atoms with Gasteiger partial charge in [0, 0.05) is 18.6 Å². The van der Waals surface area contributed by atoms with Crippen molar-refractivity contribution in [3.05, 3.63) is 42.0 Å². The molecule has 2 aromatic carbocycles. The van der Waals surface area contributed by atoms with Crippen molar-refractivity contribution in [1.82, 2.24) is 4.90 Å². The van der Waals surface area contributed by atoms with Crippen LogP contribution >= 0.6 is 0 Å². The minimum atomic E-state index is 0.424. The van der Waals surface area contributed by atoms with E-state index in [0.29, 0.717) is 12.1 Å². The SMILES string of the molecule is COc1ccc2cc(C(C)N3CCCC3CN)ccc2c1. The highest BCUT2D eigenvalue weighted by Crippen LogP contribution is 2.31. The minimum Gasteiger partial charge on any atom is -0.497 e. The van der Waals surface area contributed by atoms with Gasteiger partial charge in [0.25, 0.3) is 0 Å². The fourth-order valence-electron chi connectivity index (χ4n) is 3.44. The Morgan fingerprint density at radius 2 is 2.00 bits per heavy atom. The highest BCUT2D eigenvalue weighted by molar-refractivity contribution is 5.84. The summed E-state index contributed by atoms with van der Waals surface area (Å²) in [5.41, 5.74) is 7.28. The predicted octanol–water partition coefficient (Wildman–Crippen LogP) is 3.33. The highest BCUT2D eigenvalue weighted by Gasteiger charge is 2.28. The van der Waals surface area contributed by atoms with E-state index in [4.69, 9.17) is 10.5 Å². The van der Waals surface area contributed by atoms with E-state index in [1.807, 2.05) is 6.07 Å². The van der Waals surface area contributed by atoms with Crippen LogP contribution in [0.4, 0.5) is 0 Å². The first kappa shape index (κ1) is 14.4. The molecule has 0 bridgehead atoms. The second-order valence-electron chi connectivity index (χ2n) is 5.92. The van der Waals surface area contributed by atoms with Crippen molar-refractivity contribution in [2.45, 2.75) is 31.8 Å². The van der Waals surface area contributed by atoms with E-state index >= 15 is 0 Å². The molecule has 1 heterocycles. The highest BCUT2D eigenvalue weighted by atomic mass is 16.5. The van der Waals surface area contributed by atoms with Gasteiger partial charge in [-0.15, -0.1) is 0 Å². The van der Waals surface area contributed by atoms with E-state index in [-0.39, 0.29) is 0 Å². The molecular formula is C18H24N2O. The Hall–Kier alpha value is -1.58. The maximum atomic E-state index is 5.91. The van der Waals surface area contributed by atoms with Gasteiger partial charge in [-0.25, -0.2) is 0 Å². The van der Waals surface area contributed by atoms with E-state index in [1.165, 1.54) is 29.2 Å². The van der Waals surface area contributed by atoms with Crippen molar-refractivity contribution >= 4 is 10.8 Å². The van der Waals surface area contributed by atoms with Crippen molar-refractivity contribution in [1.29, 1.82) is 0 Å². The Morgan fingerprint density at radius 3 is 2.76 bits per heavy atom. The summed E-state index contributed by atoms with van der Waals surface area (Å²) in [6.07, 6.45) is 2.49. The lowest BCUT2D eigenvalue weighted by atomic mass is 10.0. The Morgan fingerprint density at radius 1 is 1.24 bits per heavy atom. The van der Waals surface area contributed by atoms with Gasteiger partial charge in [-0.2, -0.15) is 0 Å². The van der Waals surface area contributed by atoms with Crippen LogP contribution in [-0.2, 0) is 0 Å². The first-order valence-electron chi connectivity index (χ1n) is 7.76. The number of ether oxygens (including phenoxy) is 1. The number of benzene rings is 2. The molecule has 112 valence electrons. The van der Waals surface area contributed by atoms with E-state index < -0.39 is 0 Å². The van der Waals surface area contributed by atoms with Gasteiger partial charge in [-0.05, 0) is 60.8 Å². The molecule has 0 saturated carbocycles. The molecule has 1 saturated heterocycles. The van der Waals surface area contributed by atoms with Gasteiger partial charge in [-0.1, -0.05) is 18.2 Å². The Bertz CT molecular complexity index is 626. The third-order valence-electron chi connectivity index (χ3n) is 4.75. The number of nitrogens with two attached hydrogens (primary N) is 1. The minimum absolute atomic E-state index is 0.424. The first-order chi connectivity index (χ1) is 10.2. The molecule has 0 radical (unpaired) electrons. The molecule has 1 fully saturated rings. The van der Waals surface area contributed by atoms with Gasteiger partial charge >= 0.3 is 0 Å². The molecular weight excluding hydrogens is 260 g/mol. The molecule has 21 heavy (non-hydrogen) atoms. The molecule has 0 spiro atoms. The molecule has 1 aliphatic heterocycles. The monoisotopic (exact) mass is 284 g/mol. The van der Waals surface area contributed by atoms with E-state index in [2.05, 4.69) is 42.2 Å². The molecule has 0 amide bonds. The van der Waals surface area contributed by atoms with Gasteiger partial charge < -0.3 is 10.5 Å². The van der Waals surface area contributed by atoms with Crippen LogP contribution in [0.15, 0.2) is 36.4 Å². The van der Waals surface area contributed by atoms with Crippen molar-refractivity contribution < 1.29 is 4.74 Å². The Balaban J connectivity index is 1.90. The molecule has 3 heteroatoms. The molecule has 1 aliphatic rings. The summed E-state index contributed by atoms with van der Waals surface area (Å²) in [5.74, 6) is 0.908. The standard InChI is InChI=1S/C18H24N2O/c1-13(20-9-3-4-17(20)12-19)14-5-6-16-11-18(21-2)8-7-15(16)10-14/h5-8,10-11,13,17H,3-4,9,12,19H2,1-2H3. The lowest BCUT2D eigenvalue weighted by Crippen LogP contribution is -2.37. The fraction of sp³-hybridized carbons (Fsp3) is 0.444. The number of hydrogen-bond donors (Lipinski definition) is 1. The number of methoxy groups -OCH3 is 1. The van der Waals surface area contributed by atoms with Gasteiger partial charge in [0.1, 0.15) is 5.75 Å². The molecule has 0 aromatic heterocycles. The normalized spacial score (nSPS) is 20.8. The quantitative estimate of drug-likeness (QED) is 0.936. The lowest BCUT2D eigenvalue weighted by molar-refractivity contribution is 0.197. The Kier molecular flexibility index (Phi) is 4.13. The lowest BCUT2D eigenvalue weighted by Gasteiger charge is -2.30. The number of likely N-dealkylation sites (tertiary alicyclic amines) is 1. The van der Waals surface area contributed by atoms with Gasteiger partial charge in [-0.3, -0.25) is 4.90 Å². The molecule has 3 rings (SSSR count). The largest absolute Gasteiger partial charge is 0.497 e. The van der Waals surface area contributed by atoms with Crippen LogP contribution in [0, 0.1) is 0 Å². The molecule has 2 N–H and O–H groups in total. The van der Waals surface area contributed by atoms with Crippen LogP contribution in [0.5, 0.6) is 5.75 Å². The van der Waals surface area contributed by atoms with Crippen molar-refractivity contribution in [3.63, 3.8) is 0 Å². The maximum Gasteiger partial charge on any atom is 0.119 e. The van der Waals surface area contributed by atoms with Crippen molar-refractivity contribution in [3.8, 4) is 5.75 Å². The van der Waals surface area contributed by atoms with Crippen LogP contribution in [-0.4, -0.2) is 31.1 Å². The summed E-state index contributed by atoms with van der Waals surface area (Å²) in [6.45, 7) is 4.21. The second kappa shape index (κ2) is 6.04. The predicted molar refractivity (Wildman–Crippen MR) is 87.7 cm³/mol. The summed E-state index contributed by atoms with van der Waals surface area (Å²) in [7, 11) is 1.71. The van der Waals surface area contributed by atoms with Crippen LogP contribution < -0.4 is 10.5 Å². The average Bonchev–Trinajstić information content (AvgIpc) is 3.01. The van der Waals surface area contributed by atoms with Gasteiger partial charge in [0.05, 0.1) is 7.11 Å². The average molecular weight is 284 g/mol. The second-order valence-corrected chi connectivity index (χ2v) is 5.92. The van der Waals surface area contributed by atoms with Crippen LogP contribution in [0.1, 0.15) is 31.4 Å². The summed E-state index contributed by atoms with van der Waals surface area (Å²) < 4.78 is 5.29. The van der Waals surface area contributed by atoms with Gasteiger partial charge in [0.2, 0.25) is 0 Å². The summed E-state index contributed by atoms with van der Waals surface area (Å²) in [6, 6.07) is 13.9. The number of fused-ring (bicyclic) bond motifs is 1. The maximum absolute atomic E-state index is 5.91. The number of rotatable bonds is 4. The molecule has 3 nitrogen and oxygen atoms in total. The van der Waals surface area contributed by atoms with Crippen LogP contribution in [0.25, 0.3) is 10.8 Å². The van der Waals surface area contributed by atoms with E-state index in [0.717, 1.165) is 18.8 Å². The molecule has 2 unspecified atom stereocenters. The topological polar surface area (TPSA) is 38.5 Å². The molecule has 2 atom stereocenters. The van der Waals surface area contributed by atoms with E-state index in [1.54, 1.807) is 7.11 Å². The Labute approximate surface area is 126 Å². The first-order valence-corrected chi connectivity index (χ1v) is 7.76. The summed E-state index contributed by atoms with van der Waals surface area (Å²) >= 11 is 0. The van der Waals surface area contributed by atoms with Crippen LogP contribution in [0.2, 0.25) is 0 Å². The number of hydrogen-bond acceptors (Lipinski definition) is 3.